The topological polar surface area (TPSA) is 79.5 Å². The predicted molar refractivity (Wildman–Crippen MR) is 97.5 cm³/mol. The summed E-state index contributed by atoms with van der Waals surface area (Å²) in [5, 5.41) is 8.51. The van der Waals surface area contributed by atoms with Gasteiger partial charge in [-0.3, -0.25) is 4.79 Å². The first-order valence-electron chi connectivity index (χ1n) is 9.20. The van der Waals surface area contributed by atoms with Crippen molar-refractivity contribution in [3.05, 3.63) is 29.8 Å². The number of ether oxygens (including phenoxy) is 1. The first kappa shape index (κ1) is 19.1. The van der Waals surface area contributed by atoms with Crippen LogP contribution in [0, 0.1) is 0 Å². The Kier molecular flexibility index (Phi) is 8.09. The summed E-state index contributed by atoms with van der Waals surface area (Å²) < 4.78 is 5.52. The quantitative estimate of drug-likeness (QED) is 0.642. The van der Waals surface area contributed by atoms with Gasteiger partial charge in [0.05, 0.1) is 6.61 Å². The Bertz CT molecular complexity index is 539. The van der Waals surface area contributed by atoms with Crippen LogP contribution in [0.25, 0.3) is 0 Å². The summed E-state index contributed by atoms with van der Waals surface area (Å²) >= 11 is 0. The van der Waals surface area contributed by atoms with Gasteiger partial charge in [0.1, 0.15) is 5.75 Å². The Labute approximate surface area is 149 Å². The SMILES string of the molecule is CCCOc1ccc(CNC(=O)NCCC(=O)NC2CCCC2)cc1. The van der Waals surface area contributed by atoms with Gasteiger partial charge in [-0.05, 0) is 37.0 Å². The monoisotopic (exact) mass is 347 g/mol. The zero-order valence-corrected chi connectivity index (χ0v) is 15.0. The molecule has 0 unspecified atom stereocenters. The number of benzene rings is 1. The molecule has 2 rings (SSSR count). The van der Waals surface area contributed by atoms with Crippen molar-refractivity contribution in [2.24, 2.45) is 0 Å². The molecule has 1 aromatic rings. The molecule has 1 aromatic carbocycles. The Hall–Kier alpha value is -2.24. The van der Waals surface area contributed by atoms with Gasteiger partial charge in [-0.25, -0.2) is 4.79 Å². The smallest absolute Gasteiger partial charge is 0.315 e. The van der Waals surface area contributed by atoms with Gasteiger partial charge >= 0.3 is 6.03 Å². The number of urea groups is 1. The second-order valence-electron chi connectivity index (χ2n) is 6.40. The largest absolute Gasteiger partial charge is 0.494 e. The van der Waals surface area contributed by atoms with Gasteiger partial charge in [-0.2, -0.15) is 0 Å². The van der Waals surface area contributed by atoms with E-state index in [0.29, 0.717) is 32.2 Å². The standard InChI is InChI=1S/C19H29N3O3/c1-2-13-25-17-9-7-15(8-10-17)14-21-19(24)20-12-11-18(23)22-16-5-3-4-6-16/h7-10,16H,2-6,11-14H2,1H3,(H,22,23)(H2,20,21,24). The third kappa shape index (κ3) is 7.45. The lowest BCUT2D eigenvalue weighted by Crippen LogP contribution is -2.39. The third-order valence-electron chi connectivity index (χ3n) is 4.21. The molecule has 0 heterocycles. The summed E-state index contributed by atoms with van der Waals surface area (Å²) in [6.45, 7) is 3.55. The van der Waals surface area contributed by atoms with Gasteiger partial charge in [0.15, 0.2) is 0 Å². The van der Waals surface area contributed by atoms with Crippen LogP contribution in [-0.4, -0.2) is 31.1 Å². The van der Waals surface area contributed by atoms with Gasteiger partial charge in [0, 0.05) is 25.6 Å². The molecule has 0 atom stereocenters. The second-order valence-corrected chi connectivity index (χ2v) is 6.40. The van der Waals surface area contributed by atoms with E-state index in [4.69, 9.17) is 4.74 Å². The van der Waals surface area contributed by atoms with Gasteiger partial charge in [-0.1, -0.05) is 31.9 Å². The van der Waals surface area contributed by atoms with E-state index in [2.05, 4.69) is 22.9 Å². The molecule has 1 aliphatic carbocycles. The van der Waals surface area contributed by atoms with Crippen molar-refractivity contribution < 1.29 is 14.3 Å². The summed E-state index contributed by atoms with van der Waals surface area (Å²) in [7, 11) is 0. The van der Waals surface area contributed by atoms with Crippen molar-refractivity contribution in [2.75, 3.05) is 13.2 Å². The molecular formula is C19H29N3O3. The van der Waals surface area contributed by atoms with Crippen LogP contribution in [0.2, 0.25) is 0 Å². The maximum atomic E-state index is 11.8. The number of hydrogen-bond acceptors (Lipinski definition) is 3. The number of hydrogen-bond donors (Lipinski definition) is 3. The molecule has 0 aliphatic heterocycles. The molecule has 25 heavy (non-hydrogen) atoms. The number of rotatable bonds is 9. The molecule has 0 bridgehead atoms. The molecule has 3 amide bonds. The number of nitrogens with one attached hydrogen (secondary N) is 3. The van der Waals surface area contributed by atoms with Crippen LogP contribution >= 0.6 is 0 Å². The van der Waals surface area contributed by atoms with Crippen LogP contribution in [0.4, 0.5) is 4.79 Å². The third-order valence-corrected chi connectivity index (χ3v) is 4.21. The van der Waals surface area contributed by atoms with E-state index in [9.17, 15) is 9.59 Å². The zero-order valence-electron chi connectivity index (χ0n) is 15.0. The molecule has 3 N–H and O–H groups in total. The Morgan fingerprint density at radius 1 is 1.12 bits per heavy atom. The highest BCUT2D eigenvalue weighted by atomic mass is 16.5. The minimum absolute atomic E-state index is 0.00914. The van der Waals surface area contributed by atoms with Gasteiger partial charge < -0.3 is 20.7 Å². The van der Waals surface area contributed by atoms with E-state index >= 15 is 0 Å². The molecule has 1 fully saturated rings. The highest BCUT2D eigenvalue weighted by molar-refractivity contribution is 5.78. The molecule has 0 aromatic heterocycles. The van der Waals surface area contributed by atoms with E-state index in [0.717, 1.165) is 30.6 Å². The van der Waals surface area contributed by atoms with Gasteiger partial charge in [-0.15, -0.1) is 0 Å². The summed E-state index contributed by atoms with van der Waals surface area (Å²) in [6.07, 6.45) is 5.81. The molecule has 1 saturated carbocycles. The first-order chi connectivity index (χ1) is 12.2. The Balaban J connectivity index is 1.57. The number of amides is 3. The molecule has 0 spiro atoms. The predicted octanol–water partition coefficient (Wildman–Crippen LogP) is 2.72. The van der Waals surface area contributed by atoms with Gasteiger partial charge in [0.25, 0.3) is 0 Å². The van der Waals surface area contributed by atoms with E-state index < -0.39 is 0 Å². The molecule has 6 heteroatoms. The van der Waals surface area contributed by atoms with Crippen LogP contribution in [-0.2, 0) is 11.3 Å². The average Bonchev–Trinajstić information content (AvgIpc) is 3.12. The number of carbonyl (C=O) groups is 2. The summed E-state index contributed by atoms with van der Waals surface area (Å²) in [5.74, 6) is 0.846. The molecule has 0 saturated heterocycles. The highest BCUT2D eigenvalue weighted by Crippen LogP contribution is 2.17. The van der Waals surface area contributed by atoms with Crippen LogP contribution < -0.4 is 20.7 Å². The molecule has 0 radical (unpaired) electrons. The van der Waals surface area contributed by atoms with E-state index in [1.54, 1.807) is 0 Å². The molecule has 138 valence electrons. The Morgan fingerprint density at radius 3 is 2.52 bits per heavy atom. The zero-order chi connectivity index (χ0) is 17.9. The van der Waals surface area contributed by atoms with Crippen molar-refractivity contribution in [3.63, 3.8) is 0 Å². The van der Waals surface area contributed by atoms with E-state index in [1.165, 1.54) is 12.8 Å². The number of carbonyl (C=O) groups excluding carboxylic acids is 2. The van der Waals surface area contributed by atoms with Crippen molar-refractivity contribution in [2.45, 2.75) is 58.0 Å². The minimum Gasteiger partial charge on any atom is -0.494 e. The fourth-order valence-electron chi connectivity index (χ4n) is 2.83. The fourth-order valence-corrected chi connectivity index (χ4v) is 2.83. The lowest BCUT2D eigenvalue weighted by molar-refractivity contribution is -0.121. The summed E-state index contributed by atoms with van der Waals surface area (Å²) in [5.41, 5.74) is 0.998. The first-order valence-corrected chi connectivity index (χ1v) is 9.20. The lowest BCUT2D eigenvalue weighted by atomic mass is 10.2. The van der Waals surface area contributed by atoms with Crippen molar-refractivity contribution >= 4 is 11.9 Å². The van der Waals surface area contributed by atoms with E-state index in [1.807, 2.05) is 24.3 Å². The minimum atomic E-state index is -0.264. The molecular weight excluding hydrogens is 318 g/mol. The van der Waals surface area contributed by atoms with Crippen LogP contribution in [0.15, 0.2) is 24.3 Å². The average molecular weight is 347 g/mol. The van der Waals surface area contributed by atoms with Crippen LogP contribution in [0.5, 0.6) is 5.75 Å². The summed E-state index contributed by atoms with van der Waals surface area (Å²) in [4.78, 5) is 23.5. The van der Waals surface area contributed by atoms with Crippen molar-refractivity contribution in [1.29, 1.82) is 0 Å². The molecule has 1 aliphatic rings. The maximum absolute atomic E-state index is 11.8. The van der Waals surface area contributed by atoms with Crippen molar-refractivity contribution in [1.82, 2.24) is 16.0 Å². The summed E-state index contributed by atoms with van der Waals surface area (Å²) in [6, 6.07) is 7.72. The normalized spacial score (nSPS) is 14.1. The highest BCUT2D eigenvalue weighted by Gasteiger charge is 2.16. The fraction of sp³-hybridized carbons (Fsp3) is 0.579. The van der Waals surface area contributed by atoms with Crippen LogP contribution in [0.3, 0.4) is 0 Å². The molecule has 6 nitrogen and oxygen atoms in total. The second kappa shape index (κ2) is 10.6. The van der Waals surface area contributed by atoms with Gasteiger partial charge in [0.2, 0.25) is 5.91 Å². The van der Waals surface area contributed by atoms with E-state index in [-0.39, 0.29) is 11.9 Å². The lowest BCUT2D eigenvalue weighted by Gasteiger charge is -2.12. The Morgan fingerprint density at radius 2 is 1.84 bits per heavy atom. The van der Waals surface area contributed by atoms with Crippen molar-refractivity contribution in [3.8, 4) is 5.75 Å². The van der Waals surface area contributed by atoms with Crippen LogP contribution in [0.1, 0.15) is 51.0 Å². The maximum Gasteiger partial charge on any atom is 0.315 e.